The Morgan fingerprint density at radius 1 is 1.33 bits per heavy atom. The summed E-state index contributed by atoms with van der Waals surface area (Å²) in [5, 5.41) is 3.46. The van der Waals surface area contributed by atoms with Gasteiger partial charge in [-0.05, 0) is 37.3 Å². The van der Waals surface area contributed by atoms with E-state index in [1.807, 2.05) is 37.3 Å². The predicted octanol–water partition coefficient (Wildman–Crippen LogP) is 3.97. The van der Waals surface area contributed by atoms with Crippen LogP contribution in [0.5, 0.6) is 0 Å². The lowest BCUT2D eigenvalue weighted by Crippen LogP contribution is -2.21. The lowest BCUT2D eigenvalue weighted by Gasteiger charge is -2.15. The molecular formula is C15H14ClN3OS. The lowest BCUT2D eigenvalue weighted by atomic mass is 10.2. The highest BCUT2D eigenvalue weighted by atomic mass is 35.5. The Bertz CT molecular complexity index is 711. The van der Waals surface area contributed by atoms with Gasteiger partial charge >= 0.3 is 0 Å². The average Bonchev–Trinajstić information content (AvgIpc) is 3.12. The van der Waals surface area contributed by atoms with Gasteiger partial charge in [-0.3, -0.25) is 5.32 Å². The van der Waals surface area contributed by atoms with Gasteiger partial charge in [-0.1, -0.05) is 11.6 Å². The largest absolute Gasteiger partial charge is 0.467 e. The first kappa shape index (κ1) is 14.3. The molecule has 3 rings (SSSR count). The van der Waals surface area contributed by atoms with Gasteiger partial charge in [-0.15, -0.1) is 11.3 Å². The van der Waals surface area contributed by atoms with Crippen molar-refractivity contribution in [3.63, 3.8) is 0 Å². The highest BCUT2D eigenvalue weighted by Gasteiger charge is 2.18. The maximum absolute atomic E-state index is 6.04. The molecule has 108 valence electrons. The third-order valence-corrected chi connectivity index (χ3v) is 4.32. The normalized spacial score (nSPS) is 12.5. The van der Waals surface area contributed by atoms with Crippen LogP contribution in [0.25, 0.3) is 0 Å². The molecule has 0 aliphatic carbocycles. The molecule has 0 saturated carbocycles. The van der Waals surface area contributed by atoms with Crippen molar-refractivity contribution in [3.05, 3.63) is 69.3 Å². The molecule has 4 nitrogen and oxygen atoms in total. The minimum Gasteiger partial charge on any atom is -0.467 e. The monoisotopic (exact) mass is 319 g/mol. The van der Waals surface area contributed by atoms with Crippen molar-refractivity contribution in [2.75, 3.05) is 0 Å². The van der Waals surface area contributed by atoms with Gasteiger partial charge in [0.15, 0.2) is 0 Å². The molecule has 1 atom stereocenters. The van der Waals surface area contributed by atoms with E-state index >= 15 is 0 Å². The van der Waals surface area contributed by atoms with Crippen molar-refractivity contribution in [1.29, 1.82) is 0 Å². The van der Waals surface area contributed by atoms with Crippen molar-refractivity contribution in [3.8, 4) is 0 Å². The SMILES string of the molecule is Cc1nccc(CNC(c2ccco2)c2ccc(Cl)s2)n1. The summed E-state index contributed by atoms with van der Waals surface area (Å²) in [4.78, 5) is 9.62. The zero-order valence-electron chi connectivity index (χ0n) is 11.4. The van der Waals surface area contributed by atoms with Crippen molar-refractivity contribution in [2.24, 2.45) is 0 Å². The van der Waals surface area contributed by atoms with Gasteiger partial charge in [0.1, 0.15) is 17.6 Å². The molecule has 0 aliphatic rings. The molecule has 21 heavy (non-hydrogen) atoms. The predicted molar refractivity (Wildman–Crippen MR) is 83.5 cm³/mol. The quantitative estimate of drug-likeness (QED) is 0.773. The fourth-order valence-corrected chi connectivity index (χ4v) is 3.24. The molecule has 3 aromatic rings. The van der Waals surface area contributed by atoms with E-state index in [1.165, 1.54) is 0 Å². The number of aryl methyl sites for hydroxylation is 1. The number of aromatic nitrogens is 2. The smallest absolute Gasteiger partial charge is 0.126 e. The Morgan fingerprint density at radius 3 is 2.90 bits per heavy atom. The van der Waals surface area contributed by atoms with Crippen LogP contribution < -0.4 is 5.32 Å². The van der Waals surface area contributed by atoms with E-state index in [-0.39, 0.29) is 6.04 Å². The molecule has 3 heterocycles. The second-order valence-corrected chi connectivity index (χ2v) is 6.31. The number of thiophene rings is 1. The first-order valence-electron chi connectivity index (χ1n) is 6.53. The van der Waals surface area contributed by atoms with E-state index in [0.717, 1.165) is 26.5 Å². The molecule has 0 aliphatic heterocycles. The first-order chi connectivity index (χ1) is 10.2. The summed E-state index contributed by atoms with van der Waals surface area (Å²) < 4.78 is 6.30. The molecule has 0 radical (unpaired) electrons. The summed E-state index contributed by atoms with van der Waals surface area (Å²) in [7, 11) is 0. The zero-order chi connectivity index (χ0) is 14.7. The summed E-state index contributed by atoms with van der Waals surface area (Å²) in [6, 6.07) is 9.62. The minimum absolute atomic E-state index is 0.0345. The van der Waals surface area contributed by atoms with Crippen LogP contribution in [0.2, 0.25) is 4.34 Å². The van der Waals surface area contributed by atoms with Crippen molar-refractivity contribution in [2.45, 2.75) is 19.5 Å². The maximum Gasteiger partial charge on any atom is 0.126 e. The molecule has 1 unspecified atom stereocenters. The second-order valence-electron chi connectivity index (χ2n) is 4.57. The van der Waals surface area contributed by atoms with E-state index in [0.29, 0.717) is 6.54 Å². The number of hydrogen-bond acceptors (Lipinski definition) is 5. The van der Waals surface area contributed by atoms with Crippen molar-refractivity contribution < 1.29 is 4.42 Å². The van der Waals surface area contributed by atoms with Crippen LogP contribution in [0, 0.1) is 6.92 Å². The Balaban J connectivity index is 1.80. The van der Waals surface area contributed by atoms with Crippen LogP contribution in [0.1, 0.15) is 28.2 Å². The van der Waals surface area contributed by atoms with E-state index in [1.54, 1.807) is 23.8 Å². The number of nitrogens with zero attached hydrogens (tertiary/aromatic N) is 2. The molecule has 0 aromatic carbocycles. The van der Waals surface area contributed by atoms with Gasteiger partial charge in [0, 0.05) is 17.6 Å². The van der Waals surface area contributed by atoms with Crippen molar-refractivity contribution in [1.82, 2.24) is 15.3 Å². The standard InChI is InChI=1S/C15H14ClN3OS/c1-10-17-7-6-11(19-10)9-18-15(12-3-2-8-20-12)13-4-5-14(16)21-13/h2-8,15,18H,9H2,1H3. The van der Waals surface area contributed by atoms with Crippen LogP contribution in [0.15, 0.2) is 47.2 Å². The van der Waals surface area contributed by atoms with Gasteiger partial charge in [0.2, 0.25) is 0 Å². The van der Waals surface area contributed by atoms with Gasteiger partial charge in [-0.2, -0.15) is 0 Å². The number of halogens is 1. The third kappa shape index (κ3) is 3.50. The fourth-order valence-electron chi connectivity index (χ4n) is 2.09. The molecule has 6 heteroatoms. The Labute approximate surface area is 131 Å². The molecule has 0 saturated heterocycles. The molecule has 0 fully saturated rings. The Hall–Kier alpha value is -1.69. The zero-order valence-corrected chi connectivity index (χ0v) is 13.0. The molecule has 3 aromatic heterocycles. The van der Waals surface area contributed by atoms with Crippen LogP contribution >= 0.6 is 22.9 Å². The Kier molecular flexibility index (Phi) is 4.34. The number of hydrogen-bond donors (Lipinski definition) is 1. The molecule has 1 N–H and O–H groups in total. The van der Waals surface area contributed by atoms with Crippen LogP contribution in [-0.2, 0) is 6.54 Å². The molecule has 0 amide bonds. The molecule has 0 bridgehead atoms. The maximum atomic E-state index is 6.04. The highest BCUT2D eigenvalue weighted by molar-refractivity contribution is 7.16. The lowest BCUT2D eigenvalue weighted by molar-refractivity contribution is 0.447. The van der Waals surface area contributed by atoms with E-state index < -0.39 is 0 Å². The number of rotatable bonds is 5. The van der Waals surface area contributed by atoms with Gasteiger partial charge in [0.05, 0.1) is 16.3 Å². The minimum atomic E-state index is -0.0345. The number of furan rings is 1. The number of nitrogens with one attached hydrogen (secondary N) is 1. The van der Waals surface area contributed by atoms with Crippen LogP contribution in [0.3, 0.4) is 0 Å². The summed E-state index contributed by atoms with van der Waals surface area (Å²) in [5.41, 5.74) is 0.946. The second kappa shape index (κ2) is 6.39. The Morgan fingerprint density at radius 2 is 2.24 bits per heavy atom. The molecule has 0 spiro atoms. The van der Waals surface area contributed by atoms with Gasteiger partial charge < -0.3 is 4.42 Å². The molecular weight excluding hydrogens is 306 g/mol. The van der Waals surface area contributed by atoms with Crippen molar-refractivity contribution >= 4 is 22.9 Å². The topological polar surface area (TPSA) is 51.0 Å². The van der Waals surface area contributed by atoms with E-state index in [2.05, 4.69) is 15.3 Å². The van der Waals surface area contributed by atoms with Crippen LogP contribution in [0.4, 0.5) is 0 Å². The van der Waals surface area contributed by atoms with E-state index in [4.69, 9.17) is 16.0 Å². The first-order valence-corrected chi connectivity index (χ1v) is 7.72. The summed E-state index contributed by atoms with van der Waals surface area (Å²) in [6.45, 7) is 2.51. The fraction of sp³-hybridized carbons (Fsp3) is 0.200. The average molecular weight is 320 g/mol. The van der Waals surface area contributed by atoms with Gasteiger partial charge in [-0.25, -0.2) is 9.97 Å². The van der Waals surface area contributed by atoms with E-state index in [9.17, 15) is 0 Å². The van der Waals surface area contributed by atoms with Crippen LogP contribution in [-0.4, -0.2) is 9.97 Å². The summed E-state index contributed by atoms with van der Waals surface area (Å²) in [6.07, 6.45) is 3.44. The summed E-state index contributed by atoms with van der Waals surface area (Å²) in [5.74, 6) is 1.63. The highest BCUT2D eigenvalue weighted by Crippen LogP contribution is 2.31. The third-order valence-electron chi connectivity index (χ3n) is 3.03. The van der Waals surface area contributed by atoms with Gasteiger partial charge in [0.25, 0.3) is 0 Å². The summed E-state index contributed by atoms with van der Waals surface area (Å²) >= 11 is 7.59.